The van der Waals surface area contributed by atoms with Crippen molar-refractivity contribution in [2.75, 3.05) is 32.8 Å². The lowest BCUT2D eigenvalue weighted by atomic mass is 10.2. The number of hydrogen-bond donors (Lipinski definition) is 1. The largest absolute Gasteiger partial charge is 0.445 e. The number of benzene rings is 1. The quantitative estimate of drug-likeness (QED) is 0.867. The van der Waals surface area contributed by atoms with Crippen LogP contribution in [0.25, 0.3) is 0 Å². The molecular weight excluding hydrogens is 268 g/mol. The van der Waals surface area contributed by atoms with Crippen molar-refractivity contribution in [2.24, 2.45) is 0 Å². The first-order chi connectivity index (χ1) is 10.2. The van der Waals surface area contributed by atoms with Crippen molar-refractivity contribution >= 4 is 6.09 Å². The van der Waals surface area contributed by atoms with Gasteiger partial charge in [-0.3, -0.25) is 4.90 Å². The van der Waals surface area contributed by atoms with Gasteiger partial charge < -0.3 is 14.7 Å². The first kappa shape index (κ1) is 15.8. The van der Waals surface area contributed by atoms with Crippen LogP contribution in [0, 0.1) is 0 Å². The standard InChI is InChI=1S/C16H24N2O3/c1-2-17(10-11-19)15-8-9-18(12-15)16(20)21-13-14-6-4-3-5-7-14/h3-7,15,19H,2,8-13H2,1H3/t15-/m0/s1. The molecule has 0 unspecified atom stereocenters. The van der Waals surface area contributed by atoms with E-state index in [1.807, 2.05) is 30.3 Å². The topological polar surface area (TPSA) is 53.0 Å². The van der Waals surface area contributed by atoms with Gasteiger partial charge in [-0.25, -0.2) is 4.79 Å². The summed E-state index contributed by atoms with van der Waals surface area (Å²) < 4.78 is 5.35. The Bertz CT molecular complexity index is 438. The lowest BCUT2D eigenvalue weighted by Gasteiger charge is -2.26. The van der Waals surface area contributed by atoms with Gasteiger partial charge in [-0.2, -0.15) is 0 Å². The number of aliphatic hydroxyl groups excluding tert-OH is 1. The molecule has 0 spiro atoms. The fourth-order valence-electron chi connectivity index (χ4n) is 2.74. The molecule has 116 valence electrons. The van der Waals surface area contributed by atoms with Crippen LogP contribution in [0.3, 0.4) is 0 Å². The Morgan fingerprint density at radius 1 is 1.43 bits per heavy atom. The number of carbonyl (C=O) groups is 1. The molecule has 0 bridgehead atoms. The molecule has 1 heterocycles. The Morgan fingerprint density at radius 2 is 2.19 bits per heavy atom. The number of likely N-dealkylation sites (N-methyl/N-ethyl adjacent to an activating group) is 1. The molecule has 0 aliphatic carbocycles. The number of nitrogens with zero attached hydrogens (tertiary/aromatic N) is 2. The highest BCUT2D eigenvalue weighted by Crippen LogP contribution is 2.16. The fraction of sp³-hybridized carbons (Fsp3) is 0.562. The van der Waals surface area contributed by atoms with Crippen LogP contribution in [0.2, 0.25) is 0 Å². The van der Waals surface area contributed by atoms with E-state index in [2.05, 4.69) is 11.8 Å². The summed E-state index contributed by atoms with van der Waals surface area (Å²) in [6.07, 6.45) is 0.690. The smallest absolute Gasteiger partial charge is 0.410 e. The van der Waals surface area contributed by atoms with Crippen LogP contribution in [-0.2, 0) is 11.3 Å². The molecule has 1 aliphatic heterocycles. The zero-order valence-electron chi connectivity index (χ0n) is 12.6. The Labute approximate surface area is 126 Å². The number of aliphatic hydroxyl groups is 1. The minimum absolute atomic E-state index is 0.156. The Balaban J connectivity index is 1.79. The third kappa shape index (κ3) is 4.44. The highest BCUT2D eigenvalue weighted by atomic mass is 16.6. The van der Waals surface area contributed by atoms with E-state index in [1.54, 1.807) is 4.90 Å². The molecule has 1 atom stereocenters. The second kappa shape index (κ2) is 8.00. The third-order valence-electron chi connectivity index (χ3n) is 3.94. The molecule has 1 amide bonds. The van der Waals surface area contributed by atoms with Crippen LogP contribution in [-0.4, -0.2) is 59.8 Å². The van der Waals surface area contributed by atoms with E-state index in [1.165, 1.54) is 0 Å². The number of amides is 1. The van der Waals surface area contributed by atoms with Crippen molar-refractivity contribution < 1.29 is 14.6 Å². The number of hydrogen-bond acceptors (Lipinski definition) is 4. The van der Waals surface area contributed by atoms with Gasteiger partial charge in [0.25, 0.3) is 0 Å². The molecule has 1 saturated heterocycles. The number of ether oxygens (including phenoxy) is 1. The molecule has 5 heteroatoms. The van der Waals surface area contributed by atoms with Gasteiger partial charge in [0.1, 0.15) is 6.61 Å². The van der Waals surface area contributed by atoms with Gasteiger partial charge in [-0.1, -0.05) is 37.3 Å². The van der Waals surface area contributed by atoms with Crippen LogP contribution >= 0.6 is 0 Å². The SMILES string of the molecule is CCN(CCO)[C@H]1CCN(C(=O)OCc2ccccc2)C1. The van der Waals surface area contributed by atoms with Crippen molar-refractivity contribution in [3.8, 4) is 0 Å². The fourth-order valence-corrected chi connectivity index (χ4v) is 2.74. The Kier molecular flexibility index (Phi) is 6.02. The van der Waals surface area contributed by atoms with E-state index in [-0.39, 0.29) is 12.7 Å². The highest BCUT2D eigenvalue weighted by molar-refractivity contribution is 5.68. The van der Waals surface area contributed by atoms with Gasteiger partial charge >= 0.3 is 6.09 Å². The average molecular weight is 292 g/mol. The molecule has 0 aromatic heterocycles. The molecule has 1 aliphatic rings. The summed E-state index contributed by atoms with van der Waals surface area (Å²) in [5.41, 5.74) is 0.997. The molecule has 1 fully saturated rings. The van der Waals surface area contributed by atoms with Crippen molar-refractivity contribution in [3.05, 3.63) is 35.9 Å². The predicted octanol–water partition coefficient (Wildman–Crippen LogP) is 1.71. The first-order valence-electron chi connectivity index (χ1n) is 7.55. The lowest BCUT2D eigenvalue weighted by molar-refractivity contribution is 0.0987. The van der Waals surface area contributed by atoms with Gasteiger partial charge in [0.2, 0.25) is 0 Å². The predicted molar refractivity (Wildman–Crippen MR) is 80.9 cm³/mol. The minimum atomic E-state index is -0.249. The second-order valence-corrected chi connectivity index (χ2v) is 5.28. The minimum Gasteiger partial charge on any atom is -0.445 e. The van der Waals surface area contributed by atoms with Crippen molar-refractivity contribution in [1.29, 1.82) is 0 Å². The molecule has 1 aromatic carbocycles. The normalized spacial score (nSPS) is 18.2. The van der Waals surface area contributed by atoms with Crippen molar-refractivity contribution in [2.45, 2.75) is 26.0 Å². The molecule has 21 heavy (non-hydrogen) atoms. The zero-order valence-corrected chi connectivity index (χ0v) is 12.6. The summed E-state index contributed by atoms with van der Waals surface area (Å²) in [5, 5.41) is 9.07. The van der Waals surface area contributed by atoms with E-state index >= 15 is 0 Å². The molecule has 2 rings (SSSR count). The second-order valence-electron chi connectivity index (χ2n) is 5.28. The number of carbonyl (C=O) groups excluding carboxylic acids is 1. The van der Waals surface area contributed by atoms with Crippen LogP contribution in [0.5, 0.6) is 0 Å². The summed E-state index contributed by atoms with van der Waals surface area (Å²) in [6, 6.07) is 10.0. The van der Waals surface area contributed by atoms with Gasteiger partial charge in [-0.15, -0.1) is 0 Å². The van der Waals surface area contributed by atoms with Crippen LogP contribution in [0.4, 0.5) is 4.79 Å². The van der Waals surface area contributed by atoms with Gasteiger partial charge in [-0.05, 0) is 18.5 Å². The van der Waals surface area contributed by atoms with Crippen molar-refractivity contribution in [1.82, 2.24) is 9.80 Å². The van der Waals surface area contributed by atoms with E-state index in [4.69, 9.17) is 9.84 Å². The molecule has 1 N–H and O–H groups in total. The number of likely N-dealkylation sites (tertiary alicyclic amines) is 1. The van der Waals surface area contributed by atoms with Gasteiger partial charge in [0.05, 0.1) is 6.61 Å². The van der Waals surface area contributed by atoms with E-state index in [0.717, 1.165) is 25.1 Å². The van der Waals surface area contributed by atoms with Crippen LogP contribution in [0.1, 0.15) is 18.9 Å². The molecule has 0 radical (unpaired) electrons. The maximum absolute atomic E-state index is 12.1. The maximum atomic E-state index is 12.1. The average Bonchev–Trinajstić information content (AvgIpc) is 3.01. The van der Waals surface area contributed by atoms with Crippen LogP contribution < -0.4 is 0 Å². The lowest BCUT2D eigenvalue weighted by Crippen LogP contribution is -2.40. The first-order valence-corrected chi connectivity index (χ1v) is 7.55. The molecule has 5 nitrogen and oxygen atoms in total. The summed E-state index contributed by atoms with van der Waals surface area (Å²) in [6.45, 7) is 5.50. The number of rotatable bonds is 6. The Morgan fingerprint density at radius 3 is 2.86 bits per heavy atom. The molecule has 0 saturated carbocycles. The molecule has 1 aromatic rings. The summed E-state index contributed by atoms with van der Waals surface area (Å²) in [5.74, 6) is 0. The van der Waals surface area contributed by atoms with Crippen LogP contribution in [0.15, 0.2) is 30.3 Å². The van der Waals surface area contributed by atoms with E-state index < -0.39 is 0 Å². The summed E-state index contributed by atoms with van der Waals surface area (Å²) in [4.78, 5) is 16.0. The monoisotopic (exact) mass is 292 g/mol. The van der Waals surface area contributed by atoms with Crippen molar-refractivity contribution in [3.63, 3.8) is 0 Å². The van der Waals surface area contributed by atoms with Gasteiger partial charge in [0, 0.05) is 25.7 Å². The van der Waals surface area contributed by atoms with Gasteiger partial charge in [0.15, 0.2) is 0 Å². The van der Waals surface area contributed by atoms with E-state index in [9.17, 15) is 4.79 Å². The third-order valence-corrected chi connectivity index (χ3v) is 3.94. The van der Waals surface area contributed by atoms with E-state index in [0.29, 0.717) is 25.7 Å². The highest BCUT2D eigenvalue weighted by Gasteiger charge is 2.30. The molecular formula is C16H24N2O3. The maximum Gasteiger partial charge on any atom is 0.410 e. The summed E-state index contributed by atoms with van der Waals surface area (Å²) in [7, 11) is 0. The Hall–Kier alpha value is -1.59. The summed E-state index contributed by atoms with van der Waals surface area (Å²) >= 11 is 0. The zero-order chi connectivity index (χ0) is 15.1.